The molecule has 1 aliphatic carbocycles. The number of aryl methyl sites for hydroxylation is 1. The molecule has 28 nitrogen and oxygen atoms in total. The first-order chi connectivity index (χ1) is 76.2. The van der Waals surface area contributed by atoms with Gasteiger partial charge < -0.3 is 70.2 Å². The third kappa shape index (κ3) is 13.7. The molecule has 0 spiro atoms. The van der Waals surface area contributed by atoms with Crippen LogP contribution in [0.5, 0.6) is 0 Å². The summed E-state index contributed by atoms with van der Waals surface area (Å²) in [6, 6.07) is -60.8. The summed E-state index contributed by atoms with van der Waals surface area (Å²) in [6.45, 7) is -117. The summed E-state index contributed by atoms with van der Waals surface area (Å²) < 4.78 is 779. The number of likely N-dealkylation sites (N-methyl/N-ethyl adjacent to an activating group) is 4. The number of ether oxygens (including phenoxy) is 2. The summed E-state index contributed by atoms with van der Waals surface area (Å²) in [5.41, 5.74) is -29.2. The number of carbonyl (C=O) groups excluding carboxylic acids is 12. The average molecular weight is 1430 g/mol. The fourth-order valence-corrected chi connectivity index (χ4v) is 6.69. The van der Waals surface area contributed by atoms with Gasteiger partial charge in [-0.2, -0.15) is 0 Å². The van der Waals surface area contributed by atoms with Gasteiger partial charge in [-0.3, -0.25) is 52.7 Å². The van der Waals surface area contributed by atoms with Crippen LogP contribution in [-0.4, -0.2) is 220 Å². The molecule has 1 aromatic carbocycles. The van der Waals surface area contributed by atoms with Gasteiger partial charge in [0.1, 0.15) is 71.5 Å². The first kappa shape index (κ1) is 17.4. The van der Waals surface area contributed by atoms with Crippen molar-refractivity contribution in [1.29, 1.82) is 0 Å². The Morgan fingerprint density at radius 1 is 0.711 bits per heavy atom. The molecular formula is C62H86N12O16. The maximum atomic E-state index is 17.1. The molecule has 490 valence electrons. The minimum absolute atomic E-state index is 1.77. The van der Waals surface area contributed by atoms with Gasteiger partial charge in [0, 0.05) is 134 Å². The van der Waals surface area contributed by atoms with E-state index in [9.17, 15) is 27.6 Å². The quantitative estimate of drug-likeness (QED) is 0.112. The number of nitrogen functional groups attached to an aromatic ring is 1. The van der Waals surface area contributed by atoms with E-state index in [0.717, 1.165) is 0 Å². The number of benzene rings is 2. The molecular weight excluding hydrogens is 1170 g/mol. The molecule has 0 unspecified atom stereocenters. The van der Waals surface area contributed by atoms with Gasteiger partial charge in [-0.05, 0) is 88.1 Å². The second kappa shape index (κ2) is 27.6. The molecule has 90 heavy (non-hydrogen) atoms. The molecule has 28 heteroatoms. The number of cyclic esters (lactones) is 2. The summed E-state index contributed by atoms with van der Waals surface area (Å²) in [7, 11) is 0. The molecule has 5 heterocycles. The van der Waals surface area contributed by atoms with Crippen molar-refractivity contribution in [3.05, 3.63) is 44.6 Å². The maximum Gasteiger partial charge on any atom is 0.329 e. The Labute approximate surface area is 643 Å². The largest absolute Gasteiger partial charge is 0.458 e. The smallest absolute Gasteiger partial charge is 0.329 e. The van der Waals surface area contributed by atoms with Gasteiger partial charge in [0.05, 0.1) is 51.7 Å². The van der Waals surface area contributed by atoms with Crippen LogP contribution in [0.2, 0.25) is 8.47 Å². The average Bonchev–Trinajstić information content (AvgIpc) is 1.49. The molecule has 10 atom stereocenters. The number of rotatable bonds is 9. The molecule has 0 saturated carbocycles. The summed E-state index contributed by atoms with van der Waals surface area (Å²) in [5.74, 6) is -81.9. The highest BCUT2D eigenvalue weighted by molar-refractivity contribution is 6.10. The standard InChI is InChI=1S/C62H86N12O16/c1-27(2)42-59(84)73-23-17-19-36(73)57(82)69(13)25-38(75)71(15)48(29(5)6)61(86)88-33(11)44(55(80)65-42)67-53(78)35-22-21-31(9)51-46(35)64-47-40(41(63)50(77)32(10)52(47)90-51)54(79)68-45-34(12)89-62(87)49(30(7)8)72(16)39(76)26-70(14)58(83)37-20-18-24-74(37)60(85)43(28(3)4)66-56(45)81/h21-22,27-30,33-34,36-37,42-45,48-49H,17-20,23-26,63H2,1-16H3,(H,65,80)(H,66,81)(H,67,78)(H,68,79)/t33-,34-,36-,37-,42-,43-,44+,45+,48+,49+/m1/s1/i1T3,2T3,3T3,4T3,5T3,6T3,7T3,8T3,9T3,10T3,11T3,12T3,13T3,14T3,15T3,16T3,17T2,18T2,19T2,20T2,21T,22T,23T2,24T2,25T2,26T2,27T,28T,29T,30T,33T,34T,36T,37T,42T,43T,44T,45T,48T,49T/hT6. The fourth-order valence-electron chi connectivity index (χ4n) is 6.69. The van der Waals surface area contributed by atoms with Gasteiger partial charge >= 0.3 is 11.9 Å². The van der Waals surface area contributed by atoms with E-state index in [0.29, 0.717) is 0 Å². The number of hydrogen-bond donors (Lipinski definition) is 5. The highest BCUT2D eigenvalue weighted by atomic mass is 16.6. The number of nitrogens with zero attached hydrogens (tertiary/aromatic N) is 7. The highest BCUT2D eigenvalue weighted by Gasteiger charge is 2.46. The van der Waals surface area contributed by atoms with Crippen LogP contribution >= 0.6 is 0 Å². The van der Waals surface area contributed by atoms with Crippen molar-refractivity contribution >= 4 is 87.8 Å². The van der Waals surface area contributed by atoms with Crippen molar-refractivity contribution < 1.29 is 190 Å². The number of anilines is 1. The van der Waals surface area contributed by atoms with Crippen molar-refractivity contribution in [2.75, 3.05) is 59.6 Å². The lowest BCUT2D eigenvalue weighted by molar-refractivity contribution is -0.163. The third-order valence-electron chi connectivity index (χ3n) is 10.7. The summed E-state index contributed by atoms with van der Waals surface area (Å²) in [6.07, 6.45) is -37.2. The molecule has 6 aliphatic rings. The number of nitrogens with one attached hydrogen (secondary N) is 4. The number of hydrogen-bond acceptors (Lipinski definition) is 18. The van der Waals surface area contributed by atoms with Crippen molar-refractivity contribution in [2.24, 2.45) is 23.6 Å². The molecule has 6 N–H and O–H groups in total. The number of carbonyl (C=O) groups is 12. The Hall–Kier alpha value is -8.72. The number of aromatic nitrogens is 1. The normalized spacial score (nSPS) is 55.8. The highest BCUT2D eigenvalue weighted by Crippen LogP contribution is 2.35. The van der Waals surface area contributed by atoms with Gasteiger partial charge in [-0.15, -0.1) is 0 Å². The van der Waals surface area contributed by atoms with E-state index in [4.69, 9.17) is 95.0 Å². The van der Waals surface area contributed by atoms with Crippen LogP contribution in [0.25, 0.3) is 22.6 Å². The molecule has 4 saturated heterocycles. The Morgan fingerprint density at radius 2 is 1.21 bits per heavy atom. The molecule has 0 radical (unpaired) electrons. The summed E-state index contributed by atoms with van der Waals surface area (Å²) >= 11 is 0. The molecule has 4 fully saturated rings. The van der Waals surface area contributed by atoms with Crippen LogP contribution in [0, 0.1) is 37.3 Å². The van der Waals surface area contributed by atoms with Crippen molar-refractivity contribution in [3.8, 4) is 11.5 Å². The monoisotopic (exact) mass is 1430 g/mol. The van der Waals surface area contributed by atoms with Crippen LogP contribution in [-0.2, 0) is 57.4 Å². The van der Waals surface area contributed by atoms with E-state index in [1.165, 1.54) is 0 Å². The Kier molecular flexibility index (Phi) is 5.34. The molecule has 0 aromatic heterocycles. The number of esters is 2. The molecule has 5 aliphatic heterocycles. The van der Waals surface area contributed by atoms with Gasteiger partial charge in [0.25, 0.3) is 11.8 Å². The minimum Gasteiger partial charge on any atom is -0.458 e. The lowest BCUT2D eigenvalue weighted by Crippen LogP contribution is -2.61. The van der Waals surface area contributed by atoms with E-state index in [-0.39, 0.29) is 0 Å². The molecule has 10 amide bonds. The molecule has 7 rings (SSSR count). The SMILES string of the molecule is [3H]c1c([3H])c(C([3H])([3H])[3H])c2oc3c(C([3H])([3H])[3H])c(=O)c(N([3H])[3H])c(C(=O)N([3H])[C@]4([3H])C(=O)N([3H])[C@]([3H])(C([3H])(C([3H])([3H])[3H])C([3H])([3H])[3H])C(=O)N5C([3H])([3H])C([3H])([3H])C([3H])([3H])[C@]5([3H])C(=O)N(C([3H])([3H])[3H])C([3H])([3H])C(=O)N(C([3H])([3H])[3H])[C@@]([3H])(C([3H])(C([3H])([3H])[3H])C([3H])([3H])[3H])C(=O)O[C@]4([3H])C([3H])([3H])[3H])c-3nc2c1C(=O)N([3H])[C@]1([3H])C(=O)N([3H])[C@]([3H])(C([3H])(C([3H])([3H])[3H])C([3H])([3H])[3H])C(=O)N2C([3H])([3H])C([3H])([3H])C([3H])([3H])[C@]2([3H])C(=O)N(C([3H])([3H])[3H])C([3H])([3H])C(=O)N(C([3H])([3H])[3H])[C@@]([3H])(C([3H])(C([3H])([3H])[3H])C([3H])([3H])[3H])C(=O)O[C@]1([3H])C([3H])([3H])[3H]. The predicted molar refractivity (Wildman–Crippen MR) is 325 cm³/mol. The molecule has 0 bridgehead atoms. The first-order valence-corrected chi connectivity index (χ1v) is 22.4. The summed E-state index contributed by atoms with van der Waals surface area (Å²) in [5, 5.41) is -11.0. The van der Waals surface area contributed by atoms with Crippen molar-refractivity contribution in [2.45, 2.75) is 168 Å². The predicted octanol–water partition coefficient (Wildman–Crippen LogP) is 0.726. The minimum atomic E-state index is -7.31. The summed E-state index contributed by atoms with van der Waals surface area (Å²) in [4.78, 5) is 202. The van der Waals surface area contributed by atoms with Crippen LogP contribution in [0.1, 0.15) is 236 Å². The number of amides is 10. The zero-order valence-electron chi connectivity index (χ0n) is 129. The number of nitrogens with two attached hydrogens (primary N) is 1. The van der Waals surface area contributed by atoms with E-state index in [1.807, 2.05) is 0 Å². The Morgan fingerprint density at radius 3 is 1.64 bits per heavy atom. The van der Waals surface area contributed by atoms with Crippen molar-refractivity contribution in [3.63, 3.8) is 0 Å². The zero-order valence-corrected chi connectivity index (χ0v) is 42.9. The van der Waals surface area contributed by atoms with Crippen LogP contribution in [0.4, 0.5) is 5.69 Å². The van der Waals surface area contributed by atoms with Crippen molar-refractivity contribution in [1.82, 2.24) is 55.6 Å². The maximum absolute atomic E-state index is 17.1. The molecule has 1 aromatic rings. The van der Waals surface area contributed by atoms with Crippen LogP contribution in [0.15, 0.2) is 21.3 Å². The third-order valence-corrected chi connectivity index (χ3v) is 10.7. The van der Waals surface area contributed by atoms with Gasteiger partial charge in [-0.25, -0.2) is 14.6 Å². The Balaban J connectivity index is 2.05. The first-order valence-electron chi connectivity index (χ1n) is 65.0. The lowest BCUT2D eigenvalue weighted by Gasteiger charge is -2.36. The van der Waals surface area contributed by atoms with Gasteiger partial charge in [-0.1, -0.05) is 60.9 Å². The zero-order chi connectivity index (χ0) is 141. The van der Waals surface area contributed by atoms with E-state index in [2.05, 4.69) is 14.5 Å². The van der Waals surface area contributed by atoms with Crippen LogP contribution in [0.3, 0.4) is 0 Å². The fraction of sp³-hybridized carbons (Fsp3) is 0.613. The number of fused-ring (bicyclic) bond motifs is 4. The second-order valence-corrected chi connectivity index (χ2v) is 16.2. The van der Waals surface area contributed by atoms with Gasteiger partial charge in [0.15, 0.2) is 19.8 Å². The van der Waals surface area contributed by atoms with E-state index >= 15 is 62.3 Å². The van der Waals surface area contributed by atoms with Gasteiger partial charge in [0.2, 0.25) is 52.7 Å². The van der Waals surface area contributed by atoms with E-state index < -0.39 is 441 Å². The Bertz CT molecular complexity index is 7140. The lowest BCUT2D eigenvalue weighted by atomic mass is 9.98. The topological polar surface area (TPSA) is 360 Å². The van der Waals surface area contributed by atoms with Crippen LogP contribution < -0.4 is 32.4 Å². The second-order valence-electron chi connectivity index (χ2n) is 16.2. The van der Waals surface area contributed by atoms with E-state index in [1.54, 1.807) is 0 Å².